The van der Waals surface area contributed by atoms with Crippen LogP contribution in [-0.2, 0) is 34.5 Å². The van der Waals surface area contributed by atoms with Gasteiger partial charge < -0.3 is 14.0 Å². The number of fused-ring (bicyclic) bond motifs is 1. The maximum Gasteiger partial charge on any atom is 0.418 e. The van der Waals surface area contributed by atoms with E-state index < -0.39 is 29.8 Å². The molecule has 0 bridgehead atoms. The SMILES string of the molecule is [2H]C([2H])([2H])n1cnnc1CC1(c2cccc(-n3cc4c(C(F)(F)F)cc([C@@H](C)N5CCO[C@H](C)C5)cn4c3=O)c2)COC1. The second kappa shape index (κ2) is 9.86. The van der Waals surface area contributed by atoms with Gasteiger partial charge in [0.1, 0.15) is 12.2 Å². The largest absolute Gasteiger partial charge is 0.418 e. The van der Waals surface area contributed by atoms with Gasteiger partial charge in [-0.2, -0.15) is 13.2 Å². The third kappa shape index (κ3) is 4.63. The third-order valence-electron chi connectivity index (χ3n) is 8.00. The Hall–Kier alpha value is -3.48. The molecule has 0 amide bonds. The van der Waals surface area contributed by atoms with Crippen LogP contribution in [0, 0.1) is 0 Å². The second-order valence-corrected chi connectivity index (χ2v) is 10.7. The van der Waals surface area contributed by atoms with Gasteiger partial charge in [0.05, 0.1) is 42.7 Å². The number of morpholine rings is 1. The number of nitrogens with zero attached hydrogens (tertiary/aromatic N) is 6. The lowest BCUT2D eigenvalue weighted by Crippen LogP contribution is -2.49. The predicted octanol–water partition coefficient (Wildman–Crippen LogP) is 3.53. The minimum atomic E-state index is -4.69. The van der Waals surface area contributed by atoms with E-state index in [4.69, 9.17) is 13.6 Å². The number of pyridine rings is 1. The minimum Gasteiger partial charge on any atom is -0.379 e. The van der Waals surface area contributed by atoms with Crippen LogP contribution in [0.5, 0.6) is 0 Å². The lowest BCUT2D eigenvalue weighted by Gasteiger charge is -2.41. The van der Waals surface area contributed by atoms with Gasteiger partial charge in [-0.25, -0.2) is 4.79 Å². The van der Waals surface area contributed by atoms with Crippen LogP contribution in [0.3, 0.4) is 0 Å². The third-order valence-corrected chi connectivity index (χ3v) is 8.00. The highest BCUT2D eigenvalue weighted by molar-refractivity contribution is 5.58. The van der Waals surface area contributed by atoms with Crippen molar-refractivity contribution in [3.63, 3.8) is 0 Å². The van der Waals surface area contributed by atoms with Crippen LogP contribution in [-0.4, -0.2) is 67.6 Å². The molecule has 9 nitrogen and oxygen atoms in total. The number of aromatic nitrogens is 5. The Balaban J connectivity index is 1.40. The first kappa shape index (κ1) is 23.2. The molecule has 2 saturated heterocycles. The first-order chi connectivity index (χ1) is 20.3. The van der Waals surface area contributed by atoms with Crippen LogP contribution in [0.2, 0.25) is 0 Å². The number of alkyl halides is 3. The number of imidazole rings is 1. The molecule has 2 atom stereocenters. The first-order valence-corrected chi connectivity index (χ1v) is 13.1. The molecule has 5 heterocycles. The van der Waals surface area contributed by atoms with E-state index in [9.17, 15) is 18.0 Å². The molecule has 6 rings (SSSR count). The number of hydrogen-bond donors (Lipinski definition) is 0. The molecule has 2 aliphatic heterocycles. The Morgan fingerprint density at radius 2 is 2.08 bits per heavy atom. The number of halogens is 3. The van der Waals surface area contributed by atoms with E-state index in [2.05, 4.69) is 10.2 Å². The highest BCUT2D eigenvalue weighted by Gasteiger charge is 2.42. The van der Waals surface area contributed by atoms with Crippen molar-refractivity contribution in [2.45, 2.75) is 44.0 Å². The molecule has 40 heavy (non-hydrogen) atoms. The van der Waals surface area contributed by atoms with Crippen molar-refractivity contribution in [1.82, 2.24) is 28.6 Å². The normalized spacial score (nSPS) is 21.9. The van der Waals surface area contributed by atoms with Crippen molar-refractivity contribution >= 4 is 5.52 Å². The summed E-state index contributed by atoms with van der Waals surface area (Å²) in [5.74, 6) is 0.256. The molecule has 0 saturated carbocycles. The molecule has 2 aliphatic rings. The molecule has 0 aliphatic carbocycles. The Kier molecular flexibility index (Phi) is 5.73. The summed E-state index contributed by atoms with van der Waals surface area (Å²) in [6, 6.07) is 7.67. The van der Waals surface area contributed by atoms with Gasteiger partial charge in [-0.3, -0.25) is 13.9 Å². The lowest BCUT2D eigenvalue weighted by molar-refractivity contribution is -0.136. The molecule has 1 aromatic carbocycles. The monoisotopic (exact) mass is 559 g/mol. The molecule has 0 spiro atoms. The van der Waals surface area contributed by atoms with Crippen LogP contribution in [0.4, 0.5) is 13.2 Å². The smallest absolute Gasteiger partial charge is 0.379 e. The van der Waals surface area contributed by atoms with Gasteiger partial charge in [-0.15, -0.1) is 10.2 Å². The summed E-state index contributed by atoms with van der Waals surface area (Å²) in [5, 5.41) is 7.78. The highest BCUT2D eigenvalue weighted by Crippen LogP contribution is 2.38. The van der Waals surface area contributed by atoms with E-state index in [1.54, 1.807) is 18.2 Å². The van der Waals surface area contributed by atoms with Gasteiger partial charge in [0.25, 0.3) is 0 Å². The van der Waals surface area contributed by atoms with Gasteiger partial charge in [0, 0.05) is 54.4 Å². The maximum absolute atomic E-state index is 14.4. The summed E-state index contributed by atoms with van der Waals surface area (Å²) in [4.78, 5) is 15.7. The highest BCUT2D eigenvalue weighted by atomic mass is 19.4. The van der Waals surface area contributed by atoms with Crippen LogP contribution in [0.15, 0.2) is 53.8 Å². The van der Waals surface area contributed by atoms with E-state index in [0.717, 1.165) is 26.9 Å². The first-order valence-electron chi connectivity index (χ1n) is 14.6. The molecular weight excluding hydrogens is 525 g/mol. The molecule has 12 heteroatoms. The van der Waals surface area contributed by atoms with Crippen molar-refractivity contribution in [3.05, 3.63) is 82.1 Å². The van der Waals surface area contributed by atoms with Crippen molar-refractivity contribution in [2.75, 3.05) is 32.9 Å². The summed E-state index contributed by atoms with van der Waals surface area (Å²) in [5.41, 5.74) is -0.928. The number of hydrogen-bond acceptors (Lipinski definition) is 6. The molecule has 0 radical (unpaired) electrons. The summed E-state index contributed by atoms with van der Waals surface area (Å²) >= 11 is 0. The van der Waals surface area contributed by atoms with Crippen LogP contribution in [0.1, 0.15) is 46.5 Å². The van der Waals surface area contributed by atoms with Crippen LogP contribution < -0.4 is 5.69 Å². The Morgan fingerprint density at radius 1 is 1.25 bits per heavy atom. The number of ether oxygens (including phenoxy) is 2. The summed E-state index contributed by atoms with van der Waals surface area (Å²) in [7, 11) is 0. The summed E-state index contributed by atoms with van der Waals surface area (Å²) in [6.07, 6.45) is -0.670. The fraction of sp³-hybridized carbons (Fsp3) is 0.464. The summed E-state index contributed by atoms with van der Waals surface area (Å²) in [6.45, 7) is 3.46. The lowest BCUT2D eigenvalue weighted by atomic mass is 9.75. The Labute approximate surface area is 233 Å². The van der Waals surface area contributed by atoms with Crippen molar-refractivity contribution in [3.8, 4) is 5.69 Å². The fourth-order valence-electron chi connectivity index (χ4n) is 5.65. The number of aryl methyl sites for hydroxylation is 1. The second-order valence-electron chi connectivity index (χ2n) is 10.7. The molecule has 212 valence electrons. The van der Waals surface area contributed by atoms with Gasteiger partial charge >= 0.3 is 11.9 Å². The Morgan fingerprint density at radius 3 is 2.77 bits per heavy atom. The molecule has 0 N–H and O–H groups in total. The van der Waals surface area contributed by atoms with Crippen LogP contribution in [0.25, 0.3) is 11.2 Å². The van der Waals surface area contributed by atoms with E-state index in [-0.39, 0.29) is 43.1 Å². The summed E-state index contributed by atoms with van der Waals surface area (Å²) < 4.78 is 80.8. The van der Waals surface area contributed by atoms with Gasteiger partial charge in [0.15, 0.2) is 0 Å². The van der Waals surface area contributed by atoms with Gasteiger partial charge in [0.2, 0.25) is 0 Å². The molecular formula is C28H31F3N6O3. The average Bonchev–Trinajstić information content (AvgIpc) is 3.54. The topological polar surface area (TPSA) is 78.8 Å². The zero-order valence-electron chi connectivity index (χ0n) is 25.1. The molecule has 4 aromatic rings. The van der Waals surface area contributed by atoms with Gasteiger partial charge in [-0.05, 0) is 43.2 Å². The van der Waals surface area contributed by atoms with Crippen molar-refractivity contribution < 1.29 is 26.8 Å². The van der Waals surface area contributed by atoms with Crippen molar-refractivity contribution in [1.29, 1.82) is 0 Å². The van der Waals surface area contributed by atoms with Crippen molar-refractivity contribution in [2.24, 2.45) is 6.98 Å². The fourth-order valence-corrected chi connectivity index (χ4v) is 5.65. The van der Waals surface area contributed by atoms with E-state index >= 15 is 0 Å². The molecule has 0 unspecified atom stereocenters. The molecule has 2 fully saturated rings. The quantitative estimate of drug-likeness (QED) is 0.360. The predicted molar refractivity (Wildman–Crippen MR) is 141 cm³/mol. The average molecular weight is 560 g/mol. The number of rotatable bonds is 6. The van der Waals surface area contributed by atoms with Crippen LogP contribution >= 0.6 is 0 Å². The number of benzene rings is 1. The Bertz CT molecular complexity index is 1710. The molecule has 3 aromatic heterocycles. The van der Waals surface area contributed by atoms with Gasteiger partial charge in [-0.1, -0.05) is 12.1 Å². The zero-order chi connectivity index (χ0) is 30.7. The standard InChI is InChI=1S/C28H31F3N6O3/c1-18-12-35(7-8-40-18)19(2)20-9-23(28(29,30)31)24-14-36(26(38)37(24)13-20)22-6-4-5-21(10-22)27(15-39-16-27)11-25-33-32-17-34(25)3/h4-6,9-10,13-14,17-19H,7-8,11-12,15-16H2,1-3H3/t18-,19-/m1/s1/i3D3. The maximum atomic E-state index is 14.4. The van der Waals surface area contributed by atoms with E-state index in [1.807, 2.05) is 24.8 Å². The van der Waals surface area contributed by atoms with E-state index in [0.29, 0.717) is 30.9 Å². The zero-order valence-corrected chi connectivity index (χ0v) is 22.1. The minimum absolute atomic E-state index is 0.0488. The van der Waals surface area contributed by atoms with E-state index in [1.165, 1.54) is 17.0 Å².